The van der Waals surface area contributed by atoms with Crippen molar-refractivity contribution in [1.29, 1.82) is 0 Å². The number of epoxide rings is 1. The molecule has 1 spiro atoms. The summed E-state index contributed by atoms with van der Waals surface area (Å²) in [5, 5.41) is 22.5. The predicted molar refractivity (Wildman–Crippen MR) is 101 cm³/mol. The molecule has 2 aliphatic heterocycles. The van der Waals surface area contributed by atoms with Crippen molar-refractivity contribution in [3.63, 3.8) is 0 Å². The molecule has 2 heterocycles. The van der Waals surface area contributed by atoms with Crippen molar-refractivity contribution >= 4 is 5.97 Å². The highest BCUT2D eigenvalue weighted by atomic mass is 16.6. The van der Waals surface area contributed by atoms with E-state index in [1.165, 1.54) is 0 Å². The number of hydrogen-bond acceptors (Lipinski definition) is 5. The fraction of sp³-hybridized carbons (Fsp3) is 0.870. The Hall–Kier alpha value is -0.910. The summed E-state index contributed by atoms with van der Waals surface area (Å²) in [5.74, 6) is 0.746. The summed E-state index contributed by atoms with van der Waals surface area (Å²) < 4.78 is 11.4. The topological polar surface area (TPSA) is 79.3 Å². The van der Waals surface area contributed by atoms with E-state index in [-0.39, 0.29) is 46.4 Å². The van der Waals surface area contributed by atoms with Crippen LogP contribution in [-0.4, -0.2) is 46.2 Å². The van der Waals surface area contributed by atoms with Crippen molar-refractivity contribution in [2.75, 3.05) is 6.61 Å². The molecule has 5 heteroatoms. The second-order valence-electron chi connectivity index (χ2n) is 11.0. The van der Waals surface area contributed by atoms with Gasteiger partial charge in [0.1, 0.15) is 18.3 Å². The zero-order valence-electron chi connectivity index (χ0n) is 16.9. The number of ether oxygens (including phenoxy) is 2. The van der Waals surface area contributed by atoms with Gasteiger partial charge >= 0.3 is 5.97 Å². The van der Waals surface area contributed by atoms with E-state index in [0.29, 0.717) is 12.5 Å². The number of aliphatic hydroxyl groups excluding tert-OH is 1. The van der Waals surface area contributed by atoms with Crippen LogP contribution in [0.4, 0.5) is 0 Å². The molecule has 0 aromatic carbocycles. The molecule has 5 fully saturated rings. The highest BCUT2D eigenvalue weighted by Gasteiger charge is 2.78. The van der Waals surface area contributed by atoms with Gasteiger partial charge in [0, 0.05) is 16.9 Å². The second kappa shape index (κ2) is 5.22. The summed E-state index contributed by atoms with van der Waals surface area (Å²) in [7, 11) is 0. The van der Waals surface area contributed by atoms with E-state index in [0.717, 1.165) is 56.9 Å². The standard InChI is InChI=1S/C23H32O5/c1-20-7-3-15-16(5-10-23-19(28-23)17(24)6-8-21(15,23)2)22(20,26)9-4-14(20)13-11-18(25)27-12-13/h11,14-17,19,24,26H,3-10,12H2,1-2H3/t14-,15+,16-,17+,19+,20-,21-,22+,23+/m1/s1. The minimum atomic E-state index is -0.682. The lowest BCUT2D eigenvalue weighted by atomic mass is 9.43. The van der Waals surface area contributed by atoms with Crippen molar-refractivity contribution in [2.45, 2.75) is 88.6 Å². The van der Waals surface area contributed by atoms with Crippen molar-refractivity contribution < 1.29 is 24.5 Å². The number of hydrogen-bond donors (Lipinski definition) is 2. The fourth-order valence-corrected chi connectivity index (χ4v) is 8.85. The molecule has 0 amide bonds. The minimum Gasteiger partial charge on any atom is -0.458 e. The van der Waals surface area contributed by atoms with Gasteiger partial charge in [0.15, 0.2) is 0 Å². The molecule has 28 heavy (non-hydrogen) atoms. The molecule has 4 saturated carbocycles. The van der Waals surface area contributed by atoms with E-state index in [1.54, 1.807) is 6.08 Å². The van der Waals surface area contributed by atoms with Crippen LogP contribution in [0, 0.1) is 28.6 Å². The van der Waals surface area contributed by atoms with Gasteiger partial charge in [0.05, 0.1) is 11.7 Å². The zero-order chi connectivity index (χ0) is 19.5. The van der Waals surface area contributed by atoms with Crippen LogP contribution in [0.2, 0.25) is 0 Å². The number of esters is 1. The monoisotopic (exact) mass is 388 g/mol. The lowest BCUT2D eigenvalue weighted by molar-refractivity contribution is -0.205. The largest absolute Gasteiger partial charge is 0.458 e. The summed E-state index contributed by atoms with van der Waals surface area (Å²) in [5.41, 5.74) is 0.125. The molecule has 5 nitrogen and oxygen atoms in total. The Bertz CT molecular complexity index is 777. The summed E-state index contributed by atoms with van der Waals surface area (Å²) in [4.78, 5) is 11.7. The van der Waals surface area contributed by atoms with E-state index >= 15 is 0 Å². The van der Waals surface area contributed by atoms with Crippen LogP contribution in [0.5, 0.6) is 0 Å². The van der Waals surface area contributed by atoms with Crippen LogP contribution < -0.4 is 0 Å². The van der Waals surface area contributed by atoms with Gasteiger partial charge < -0.3 is 19.7 Å². The second-order valence-corrected chi connectivity index (χ2v) is 11.0. The van der Waals surface area contributed by atoms with Crippen molar-refractivity contribution in [3.8, 4) is 0 Å². The Kier molecular flexibility index (Phi) is 3.34. The molecule has 9 atom stereocenters. The van der Waals surface area contributed by atoms with Gasteiger partial charge in [-0.25, -0.2) is 4.79 Å². The van der Waals surface area contributed by atoms with Crippen LogP contribution in [0.25, 0.3) is 0 Å². The number of aliphatic hydroxyl groups is 2. The van der Waals surface area contributed by atoms with Crippen molar-refractivity contribution in [2.24, 2.45) is 28.6 Å². The van der Waals surface area contributed by atoms with Crippen LogP contribution in [0.15, 0.2) is 11.6 Å². The van der Waals surface area contributed by atoms with Gasteiger partial charge in [0.25, 0.3) is 0 Å². The summed E-state index contributed by atoms with van der Waals surface area (Å²) >= 11 is 0. The maximum atomic E-state index is 12.2. The average Bonchev–Trinajstić information content (AvgIpc) is 3.16. The molecule has 0 unspecified atom stereocenters. The maximum Gasteiger partial charge on any atom is 0.331 e. The zero-order valence-corrected chi connectivity index (χ0v) is 16.9. The first-order valence-corrected chi connectivity index (χ1v) is 11.2. The summed E-state index contributed by atoms with van der Waals surface area (Å²) in [6.07, 6.45) is 8.98. The van der Waals surface area contributed by atoms with Crippen molar-refractivity contribution in [3.05, 3.63) is 11.6 Å². The Morgan fingerprint density at radius 2 is 1.75 bits per heavy atom. The van der Waals surface area contributed by atoms with E-state index in [4.69, 9.17) is 9.47 Å². The first kappa shape index (κ1) is 17.9. The molecule has 0 aromatic rings. The molecular weight excluding hydrogens is 356 g/mol. The third kappa shape index (κ3) is 1.83. The minimum absolute atomic E-state index is 0.0123. The van der Waals surface area contributed by atoms with Gasteiger partial charge in [-0.15, -0.1) is 0 Å². The van der Waals surface area contributed by atoms with Crippen LogP contribution >= 0.6 is 0 Å². The van der Waals surface area contributed by atoms with Gasteiger partial charge in [0.2, 0.25) is 0 Å². The number of carbonyl (C=O) groups is 1. The fourth-order valence-electron chi connectivity index (χ4n) is 8.85. The van der Waals surface area contributed by atoms with Crippen LogP contribution in [0.1, 0.15) is 65.2 Å². The van der Waals surface area contributed by atoms with E-state index in [2.05, 4.69) is 13.8 Å². The predicted octanol–water partition coefficient (Wildman–Crippen LogP) is 2.74. The first-order chi connectivity index (χ1) is 13.3. The Labute approximate surface area is 166 Å². The molecule has 4 aliphatic carbocycles. The molecule has 2 N–H and O–H groups in total. The lowest BCUT2D eigenvalue weighted by Crippen LogP contribution is -2.64. The number of rotatable bonds is 1. The molecular formula is C23H32O5. The first-order valence-electron chi connectivity index (χ1n) is 11.2. The van der Waals surface area contributed by atoms with Gasteiger partial charge in [-0.3, -0.25) is 0 Å². The Morgan fingerprint density at radius 3 is 2.50 bits per heavy atom. The third-order valence-electron chi connectivity index (χ3n) is 10.4. The molecule has 0 aromatic heterocycles. The van der Waals surface area contributed by atoms with Crippen LogP contribution in [-0.2, 0) is 14.3 Å². The summed E-state index contributed by atoms with van der Waals surface area (Å²) in [6.45, 7) is 5.04. The highest BCUT2D eigenvalue weighted by Crippen LogP contribution is 2.74. The molecule has 0 radical (unpaired) electrons. The van der Waals surface area contributed by atoms with Gasteiger partial charge in [-0.2, -0.15) is 0 Å². The van der Waals surface area contributed by atoms with Crippen LogP contribution in [0.3, 0.4) is 0 Å². The average molecular weight is 389 g/mol. The number of fused-ring (bicyclic) bond motifs is 4. The lowest BCUT2D eigenvalue weighted by Gasteiger charge is -2.62. The normalized spacial score (nSPS) is 59.5. The van der Waals surface area contributed by atoms with Gasteiger partial charge in [-0.05, 0) is 74.7 Å². The summed E-state index contributed by atoms with van der Waals surface area (Å²) in [6, 6.07) is 0. The molecule has 1 saturated heterocycles. The quantitative estimate of drug-likeness (QED) is 0.533. The molecule has 0 bridgehead atoms. The highest BCUT2D eigenvalue weighted by molar-refractivity contribution is 5.85. The molecule has 154 valence electrons. The third-order valence-corrected chi connectivity index (χ3v) is 10.4. The van der Waals surface area contributed by atoms with E-state index in [9.17, 15) is 15.0 Å². The van der Waals surface area contributed by atoms with E-state index in [1.807, 2.05) is 0 Å². The van der Waals surface area contributed by atoms with Gasteiger partial charge in [-0.1, -0.05) is 13.8 Å². The Morgan fingerprint density at radius 1 is 1.00 bits per heavy atom. The molecule has 6 aliphatic rings. The SMILES string of the molecule is C[C@]12CC[C@H](O)[C@@H]3O[C@@]31CC[C@@H]1[C@@H]2CC[C@]2(C)[C@@H](C3=CC(=O)OC3)CC[C@]12O. The number of cyclic esters (lactones) is 1. The number of carbonyl (C=O) groups excluding carboxylic acids is 1. The van der Waals surface area contributed by atoms with E-state index < -0.39 is 5.60 Å². The maximum absolute atomic E-state index is 12.2. The van der Waals surface area contributed by atoms with Crippen molar-refractivity contribution in [1.82, 2.24) is 0 Å². The Balaban J connectivity index is 1.35. The molecule has 6 rings (SSSR count). The smallest absolute Gasteiger partial charge is 0.331 e.